The van der Waals surface area contributed by atoms with Crippen molar-refractivity contribution in [3.63, 3.8) is 0 Å². The van der Waals surface area contributed by atoms with Crippen molar-refractivity contribution in [3.05, 3.63) is 39.9 Å². The van der Waals surface area contributed by atoms with Gasteiger partial charge in [0.05, 0.1) is 10.7 Å². The first-order valence-electron chi connectivity index (χ1n) is 5.97. The quantitative estimate of drug-likeness (QED) is 0.283. The Hall–Kier alpha value is -2.33. The van der Waals surface area contributed by atoms with E-state index in [0.29, 0.717) is 9.47 Å². The normalized spacial score (nSPS) is 10.2. The number of non-ortho nitro benzene ring substituents is 1. The molecule has 1 amide bonds. The minimum absolute atomic E-state index is 0.0792. The molecule has 1 heterocycles. The van der Waals surface area contributed by atoms with Gasteiger partial charge in [-0.1, -0.05) is 35.2 Å². The summed E-state index contributed by atoms with van der Waals surface area (Å²) in [5.74, 6) is -0.416. The molecule has 10 heteroatoms. The number of carbonyl (C=O) groups is 2. The predicted octanol–water partition coefficient (Wildman–Crippen LogP) is 2.38. The largest absolute Gasteiger partial charge is 0.301 e. The number of nitrogens with zero attached hydrogens (tertiary/aromatic N) is 3. The lowest BCUT2D eigenvalue weighted by Gasteiger charge is -1.99. The van der Waals surface area contributed by atoms with Crippen LogP contribution in [0.2, 0.25) is 0 Å². The topological polar surface area (TPSA) is 115 Å². The zero-order chi connectivity index (χ0) is 16.1. The van der Waals surface area contributed by atoms with E-state index in [9.17, 15) is 19.7 Å². The molecule has 1 aromatic carbocycles. The summed E-state index contributed by atoms with van der Waals surface area (Å²) in [5, 5.41) is 21.1. The van der Waals surface area contributed by atoms with Crippen molar-refractivity contribution >= 4 is 45.6 Å². The lowest BCUT2D eigenvalue weighted by molar-refractivity contribution is -0.384. The number of nitro groups is 1. The molecule has 2 aromatic rings. The Bertz CT molecular complexity index is 731. The molecule has 8 nitrogen and oxygen atoms in total. The predicted molar refractivity (Wildman–Crippen MR) is 82.4 cm³/mol. The van der Waals surface area contributed by atoms with Gasteiger partial charge in [0.1, 0.15) is 0 Å². The van der Waals surface area contributed by atoms with Crippen LogP contribution in [0.25, 0.3) is 0 Å². The monoisotopic (exact) mass is 338 g/mol. The molecule has 0 aliphatic rings. The van der Waals surface area contributed by atoms with Gasteiger partial charge in [-0.05, 0) is 0 Å². The van der Waals surface area contributed by atoms with E-state index in [4.69, 9.17) is 0 Å². The highest BCUT2D eigenvalue weighted by Gasteiger charge is 2.13. The average Bonchev–Trinajstić information content (AvgIpc) is 2.91. The third-order valence-electron chi connectivity index (χ3n) is 2.40. The van der Waals surface area contributed by atoms with E-state index in [1.807, 2.05) is 0 Å². The molecule has 0 unspecified atom stereocenters. The second-order valence-electron chi connectivity index (χ2n) is 4.07. The highest BCUT2D eigenvalue weighted by Crippen LogP contribution is 2.26. The standard InChI is InChI=1S/C12H10N4O4S2/c1-7(17)13-11-14-15-12(22-11)21-6-10(18)8-3-2-4-9(5-8)16(19)20/h2-5H,6H2,1H3,(H,13,14,17). The number of hydrogen-bond acceptors (Lipinski definition) is 8. The number of hydrogen-bond donors (Lipinski definition) is 1. The molecule has 0 aliphatic heterocycles. The lowest BCUT2D eigenvalue weighted by Crippen LogP contribution is -2.04. The highest BCUT2D eigenvalue weighted by atomic mass is 32.2. The molecule has 114 valence electrons. The van der Waals surface area contributed by atoms with Gasteiger partial charge in [0.2, 0.25) is 11.0 Å². The fraction of sp³-hybridized carbons (Fsp3) is 0.167. The van der Waals surface area contributed by atoms with E-state index in [-0.39, 0.29) is 28.7 Å². The maximum absolute atomic E-state index is 12.0. The Morgan fingerprint density at radius 1 is 1.41 bits per heavy atom. The minimum atomic E-state index is -0.547. The number of rotatable bonds is 6. The summed E-state index contributed by atoms with van der Waals surface area (Å²) >= 11 is 2.31. The number of ketones is 1. The van der Waals surface area contributed by atoms with Crippen LogP contribution in [0.5, 0.6) is 0 Å². The summed E-state index contributed by atoms with van der Waals surface area (Å²) in [7, 11) is 0. The second kappa shape index (κ2) is 7.09. The number of anilines is 1. The number of nitrogens with one attached hydrogen (secondary N) is 1. The number of Topliss-reactive ketones (excluding diaryl/α,β-unsaturated/α-hetero) is 1. The van der Waals surface area contributed by atoms with E-state index < -0.39 is 4.92 Å². The maximum Gasteiger partial charge on any atom is 0.270 e. The SMILES string of the molecule is CC(=O)Nc1nnc(SCC(=O)c2cccc([N+](=O)[O-])c2)s1. The van der Waals surface area contributed by atoms with Gasteiger partial charge >= 0.3 is 0 Å². The fourth-order valence-electron chi connectivity index (χ4n) is 1.47. The van der Waals surface area contributed by atoms with Crippen molar-refractivity contribution in [1.29, 1.82) is 0 Å². The van der Waals surface area contributed by atoms with Crippen LogP contribution in [-0.2, 0) is 4.79 Å². The van der Waals surface area contributed by atoms with Gasteiger partial charge in [-0.2, -0.15) is 0 Å². The van der Waals surface area contributed by atoms with E-state index in [2.05, 4.69) is 15.5 Å². The van der Waals surface area contributed by atoms with Crippen LogP contribution < -0.4 is 5.32 Å². The lowest BCUT2D eigenvalue weighted by atomic mass is 10.1. The average molecular weight is 338 g/mol. The van der Waals surface area contributed by atoms with Crippen LogP contribution in [0.1, 0.15) is 17.3 Å². The summed E-state index contributed by atoms with van der Waals surface area (Å²) in [6, 6.07) is 5.56. The van der Waals surface area contributed by atoms with Crippen molar-refractivity contribution in [2.24, 2.45) is 0 Å². The van der Waals surface area contributed by atoms with Crippen molar-refractivity contribution in [2.45, 2.75) is 11.3 Å². The molecule has 1 N–H and O–H groups in total. The molecular weight excluding hydrogens is 328 g/mol. The molecule has 22 heavy (non-hydrogen) atoms. The van der Waals surface area contributed by atoms with Gasteiger partial charge in [-0.15, -0.1) is 10.2 Å². The molecule has 0 saturated carbocycles. The molecule has 0 spiro atoms. The first-order valence-corrected chi connectivity index (χ1v) is 7.77. The summed E-state index contributed by atoms with van der Waals surface area (Å²) in [6.45, 7) is 1.36. The van der Waals surface area contributed by atoms with Crippen LogP contribution in [0, 0.1) is 10.1 Å². The van der Waals surface area contributed by atoms with E-state index >= 15 is 0 Å². The zero-order valence-corrected chi connectivity index (χ0v) is 12.9. The Balaban J connectivity index is 1.98. The highest BCUT2D eigenvalue weighted by molar-refractivity contribution is 8.01. The molecule has 1 aromatic heterocycles. The summed E-state index contributed by atoms with van der Waals surface area (Å²) in [4.78, 5) is 33.0. The van der Waals surface area contributed by atoms with Crippen molar-refractivity contribution in [3.8, 4) is 0 Å². The number of carbonyl (C=O) groups excluding carboxylic acids is 2. The molecule has 0 radical (unpaired) electrons. The summed E-state index contributed by atoms with van der Waals surface area (Å²) < 4.78 is 0.530. The molecule has 0 saturated heterocycles. The van der Waals surface area contributed by atoms with Gasteiger partial charge in [0, 0.05) is 24.6 Å². The Labute approximate surface area is 133 Å². The first-order chi connectivity index (χ1) is 10.5. The van der Waals surface area contributed by atoms with Crippen LogP contribution in [-0.4, -0.2) is 32.6 Å². The molecular formula is C12H10N4O4S2. The van der Waals surface area contributed by atoms with Crippen LogP contribution >= 0.6 is 23.1 Å². The Morgan fingerprint density at radius 3 is 2.86 bits per heavy atom. The maximum atomic E-state index is 12.0. The smallest absolute Gasteiger partial charge is 0.270 e. The van der Waals surface area contributed by atoms with E-state index in [1.54, 1.807) is 0 Å². The zero-order valence-electron chi connectivity index (χ0n) is 11.3. The molecule has 0 fully saturated rings. The number of nitro benzene ring substituents is 1. The molecule has 0 bridgehead atoms. The third-order valence-corrected chi connectivity index (χ3v) is 4.37. The van der Waals surface area contributed by atoms with Gasteiger partial charge in [-0.3, -0.25) is 19.7 Å². The first kappa shape index (κ1) is 16.0. The molecule has 0 aliphatic carbocycles. The number of amides is 1. The minimum Gasteiger partial charge on any atom is -0.301 e. The van der Waals surface area contributed by atoms with Gasteiger partial charge < -0.3 is 5.32 Å². The van der Waals surface area contributed by atoms with Crippen molar-refractivity contribution in [2.75, 3.05) is 11.1 Å². The van der Waals surface area contributed by atoms with Crippen molar-refractivity contribution < 1.29 is 14.5 Å². The third kappa shape index (κ3) is 4.33. The van der Waals surface area contributed by atoms with Crippen molar-refractivity contribution in [1.82, 2.24) is 10.2 Å². The van der Waals surface area contributed by atoms with Crippen LogP contribution in [0.4, 0.5) is 10.8 Å². The number of aromatic nitrogens is 2. The fourth-order valence-corrected chi connectivity index (χ4v) is 3.17. The second-order valence-corrected chi connectivity index (χ2v) is 6.27. The van der Waals surface area contributed by atoms with Crippen LogP contribution in [0.3, 0.4) is 0 Å². The summed E-state index contributed by atoms with van der Waals surface area (Å²) in [6.07, 6.45) is 0. The van der Waals surface area contributed by atoms with Gasteiger partial charge in [-0.25, -0.2) is 0 Å². The Kier molecular flexibility index (Phi) is 5.17. The van der Waals surface area contributed by atoms with E-state index in [1.165, 1.54) is 31.2 Å². The molecule has 2 rings (SSSR count). The number of thioether (sulfide) groups is 1. The number of benzene rings is 1. The van der Waals surface area contributed by atoms with E-state index in [0.717, 1.165) is 23.1 Å². The van der Waals surface area contributed by atoms with Crippen LogP contribution in [0.15, 0.2) is 28.6 Å². The summed E-state index contributed by atoms with van der Waals surface area (Å²) in [5.41, 5.74) is 0.146. The van der Waals surface area contributed by atoms with Gasteiger partial charge in [0.15, 0.2) is 10.1 Å². The molecule has 0 atom stereocenters. The Morgan fingerprint density at radius 2 is 2.18 bits per heavy atom. The van der Waals surface area contributed by atoms with Gasteiger partial charge in [0.25, 0.3) is 5.69 Å².